The van der Waals surface area contributed by atoms with Crippen LogP contribution in [0.5, 0.6) is 0 Å². The fraction of sp³-hybridized carbons (Fsp3) is 0.562. The Morgan fingerprint density at radius 2 is 1.95 bits per heavy atom. The van der Waals surface area contributed by atoms with Gasteiger partial charge in [-0.2, -0.15) is 0 Å². The largest absolute Gasteiger partial charge is 0.396 e. The molecule has 0 bridgehead atoms. The number of hydrogen-bond acceptors (Lipinski definition) is 3. The van der Waals surface area contributed by atoms with Gasteiger partial charge in [-0.15, -0.1) is 0 Å². The van der Waals surface area contributed by atoms with E-state index in [9.17, 15) is 9.90 Å². The van der Waals surface area contributed by atoms with Crippen molar-refractivity contribution < 1.29 is 14.6 Å². The van der Waals surface area contributed by atoms with Crippen molar-refractivity contribution in [3.05, 3.63) is 35.4 Å². The molecule has 112 valence electrons. The molecule has 0 saturated carbocycles. The van der Waals surface area contributed by atoms with E-state index in [1.807, 2.05) is 32.0 Å². The number of ether oxygens (including phenoxy) is 1. The number of methoxy groups -OCH3 is 1. The Morgan fingerprint density at radius 3 is 2.50 bits per heavy atom. The highest BCUT2D eigenvalue weighted by molar-refractivity contribution is 5.95. The molecule has 0 aliphatic heterocycles. The smallest absolute Gasteiger partial charge is 0.251 e. The number of benzene rings is 1. The minimum Gasteiger partial charge on any atom is -0.396 e. The summed E-state index contributed by atoms with van der Waals surface area (Å²) in [6.07, 6.45) is 1.67. The first-order valence-electron chi connectivity index (χ1n) is 7.08. The third kappa shape index (κ3) is 4.05. The van der Waals surface area contributed by atoms with Gasteiger partial charge in [0.25, 0.3) is 5.91 Å². The summed E-state index contributed by atoms with van der Waals surface area (Å²) in [7, 11) is 1.61. The van der Waals surface area contributed by atoms with Crippen LogP contribution in [0.15, 0.2) is 24.3 Å². The van der Waals surface area contributed by atoms with E-state index in [1.165, 1.54) is 0 Å². The van der Waals surface area contributed by atoms with E-state index >= 15 is 0 Å². The molecule has 1 aromatic rings. The van der Waals surface area contributed by atoms with Gasteiger partial charge in [0.05, 0.1) is 13.2 Å². The summed E-state index contributed by atoms with van der Waals surface area (Å²) < 4.78 is 5.11. The van der Waals surface area contributed by atoms with E-state index in [1.54, 1.807) is 13.2 Å². The van der Waals surface area contributed by atoms with Crippen LogP contribution < -0.4 is 5.32 Å². The zero-order chi connectivity index (χ0) is 15.0. The minimum absolute atomic E-state index is 0.0833. The lowest BCUT2D eigenvalue weighted by Crippen LogP contribution is -2.39. The first-order chi connectivity index (χ1) is 9.62. The van der Waals surface area contributed by atoms with Crippen LogP contribution in [-0.4, -0.2) is 31.3 Å². The van der Waals surface area contributed by atoms with Gasteiger partial charge >= 0.3 is 0 Å². The second kappa shape index (κ2) is 8.02. The zero-order valence-corrected chi connectivity index (χ0v) is 12.6. The van der Waals surface area contributed by atoms with E-state index < -0.39 is 0 Å². The maximum absolute atomic E-state index is 12.3. The Hall–Kier alpha value is -1.39. The zero-order valence-electron chi connectivity index (χ0n) is 12.6. The lowest BCUT2D eigenvalue weighted by Gasteiger charge is -2.29. The summed E-state index contributed by atoms with van der Waals surface area (Å²) in [4.78, 5) is 12.3. The molecular formula is C16H25NO3. The van der Waals surface area contributed by atoms with Crippen molar-refractivity contribution in [2.24, 2.45) is 5.41 Å². The molecule has 20 heavy (non-hydrogen) atoms. The second-order valence-corrected chi connectivity index (χ2v) is 5.14. The summed E-state index contributed by atoms with van der Waals surface area (Å²) in [5.74, 6) is -0.114. The average Bonchev–Trinajstić information content (AvgIpc) is 2.50. The molecule has 0 heterocycles. The van der Waals surface area contributed by atoms with Crippen LogP contribution in [-0.2, 0) is 11.3 Å². The van der Waals surface area contributed by atoms with Gasteiger partial charge < -0.3 is 15.2 Å². The lowest BCUT2D eigenvalue weighted by molar-refractivity contribution is 0.0847. The van der Waals surface area contributed by atoms with Gasteiger partial charge in [0.15, 0.2) is 0 Å². The molecule has 0 aliphatic rings. The highest BCUT2D eigenvalue weighted by Crippen LogP contribution is 2.24. The summed E-state index contributed by atoms with van der Waals surface area (Å²) in [6.45, 7) is 5.04. The van der Waals surface area contributed by atoms with E-state index in [-0.39, 0.29) is 17.9 Å². The molecule has 0 fully saturated rings. The molecule has 0 unspecified atom stereocenters. The summed E-state index contributed by atoms with van der Waals surface area (Å²) in [5, 5.41) is 12.5. The van der Waals surface area contributed by atoms with E-state index in [2.05, 4.69) is 5.32 Å². The van der Waals surface area contributed by atoms with Gasteiger partial charge in [-0.1, -0.05) is 32.0 Å². The van der Waals surface area contributed by atoms with Crippen molar-refractivity contribution in [2.45, 2.75) is 33.3 Å². The molecule has 1 aromatic carbocycles. The number of nitrogens with one attached hydrogen (secondary N) is 1. The number of hydrogen-bond donors (Lipinski definition) is 2. The average molecular weight is 279 g/mol. The Morgan fingerprint density at radius 1 is 1.30 bits per heavy atom. The van der Waals surface area contributed by atoms with E-state index in [4.69, 9.17) is 4.74 Å². The molecular weight excluding hydrogens is 254 g/mol. The molecule has 0 saturated heterocycles. The number of aliphatic hydroxyl groups is 1. The van der Waals surface area contributed by atoms with E-state index in [0.717, 1.165) is 18.4 Å². The Labute approximate surface area is 121 Å². The van der Waals surface area contributed by atoms with Crippen molar-refractivity contribution in [1.29, 1.82) is 0 Å². The summed E-state index contributed by atoms with van der Waals surface area (Å²) >= 11 is 0. The first-order valence-corrected chi connectivity index (χ1v) is 7.08. The minimum atomic E-state index is -0.230. The molecule has 0 aliphatic carbocycles. The van der Waals surface area contributed by atoms with Gasteiger partial charge in [-0.25, -0.2) is 0 Å². The van der Waals surface area contributed by atoms with Crippen LogP contribution in [0.1, 0.15) is 42.6 Å². The molecule has 0 atom stereocenters. The van der Waals surface area contributed by atoms with Gasteiger partial charge in [0.2, 0.25) is 0 Å². The van der Waals surface area contributed by atoms with Crippen LogP contribution in [0.2, 0.25) is 0 Å². The molecule has 0 aromatic heterocycles. The Bertz CT molecular complexity index is 419. The number of aliphatic hydroxyl groups excluding tert-OH is 1. The van der Waals surface area contributed by atoms with Gasteiger partial charge in [-0.3, -0.25) is 4.79 Å². The molecule has 2 N–H and O–H groups in total. The second-order valence-electron chi connectivity index (χ2n) is 5.14. The van der Waals surface area contributed by atoms with Crippen molar-refractivity contribution in [3.8, 4) is 0 Å². The van der Waals surface area contributed by atoms with Crippen LogP contribution in [0.25, 0.3) is 0 Å². The van der Waals surface area contributed by atoms with Crippen LogP contribution in [0.4, 0.5) is 0 Å². The summed E-state index contributed by atoms with van der Waals surface area (Å²) in [5.41, 5.74) is 1.27. The number of carbonyl (C=O) groups excluding carboxylic acids is 1. The number of rotatable bonds is 8. The highest BCUT2D eigenvalue weighted by Gasteiger charge is 2.26. The number of amides is 1. The van der Waals surface area contributed by atoms with Crippen molar-refractivity contribution in [3.63, 3.8) is 0 Å². The monoisotopic (exact) mass is 279 g/mol. The molecule has 4 nitrogen and oxygen atoms in total. The maximum atomic E-state index is 12.3. The standard InChI is InChI=1S/C16H25NO3/c1-4-16(5-2,12-18)11-17-15(19)14-9-7-6-8-13(14)10-20-3/h6-9,18H,4-5,10-12H2,1-3H3,(H,17,19). The third-order valence-electron chi connectivity index (χ3n) is 4.02. The normalized spacial score (nSPS) is 11.4. The fourth-order valence-corrected chi connectivity index (χ4v) is 2.17. The van der Waals surface area contributed by atoms with Crippen LogP contribution >= 0.6 is 0 Å². The van der Waals surface area contributed by atoms with Gasteiger partial charge in [0, 0.05) is 24.6 Å². The summed E-state index contributed by atoms with van der Waals surface area (Å²) in [6, 6.07) is 7.41. The predicted octanol–water partition coefficient (Wildman–Crippen LogP) is 2.36. The quantitative estimate of drug-likeness (QED) is 0.768. The van der Waals surface area contributed by atoms with E-state index in [0.29, 0.717) is 18.7 Å². The molecule has 1 amide bonds. The predicted molar refractivity (Wildman–Crippen MR) is 79.6 cm³/mol. The Kier molecular flexibility index (Phi) is 6.68. The van der Waals surface area contributed by atoms with Gasteiger partial charge in [-0.05, 0) is 24.5 Å². The molecule has 0 spiro atoms. The van der Waals surface area contributed by atoms with Crippen molar-refractivity contribution >= 4 is 5.91 Å². The SMILES string of the molecule is CCC(CC)(CO)CNC(=O)c1ccccc1COC. The topological polar surface area (TPSA) is 58.6 Å². The third-order valence-corrected chi connectivity index (χ3v) is 4.02. The molecule has 1 rings (SSSR count). The van der Waals surface area contributed by atoms with Crippen LogP contribution in [0.3, 0.4) is 0 Å². The maximum Gasteiger partial charge on any atom is 0.251 e. The van der Waals surface area contributed by atoms with Crippen molar-refractivity contribution in [2.75, 3.05) is 20.3 Å². The number of carbonyl (C=O) groups is 1. The fourth-order valence-electron chi connectivity index (χ4n) is 2.17. The van der Waals surface area contributed by atoms with Gasteiger partial charge in [0.1, 0.15) is 0 Å². The van der Waals surface area contributed by atoms with Crippen molar-refractivity contribution in [1.82, 2.24) is 5.32 Å². The van der Waals surface area contributed by atoms with Crippen LogP contribution in [0, 0.1) is 5.41 Å². The Balaban J connectivity index is 2.76. The molecule has 0 radical (unpaired) electrons. The molecule has 4 heteroatoms. The first kappa shape index (κ1) is 16.7. The highest BCUT2D eigenvalue weighted by atomic mass is 16.5. The lowest BCUT2D eigenvalue weighted by atomic mass is 9.83.